The van der Waals surface area contributed by atoms with Crippen molar-refractivity contribution in [2.45, 2.75) is 32.0 Å². The van der Waals surface area contributed by atoms with Crippen molar-refractivity contribution < 1.29 is 4.74 Å². The van der Waals surface area contributed by atoms with E-state index in [0.717, 1.165) is 39.4 Å². The molecule has 4 nitrogen and oxygen atoms in total. The van der Waals surface area contributed by atoms with E-state index in [9.17, 15) is 0 Å². The lowest BCUT2D eigenvalue weighted by Crippen LogP contribution is -2.59. The van der Waals surface area contributed by atoms with Gasteiger partial charge >= 0.3 is 0 Å². The molecule has 2 aliphatic rings. The molecule has 2 fully saturated rings. The lowest BCUT2D eigenvalue weighted by molar-refractivity contribution is -0.00528. The van der Waals surface area contributed by atoms with Crippen LogP contribution in [0.3, 0.4) is 0 Å². The Bertz CT molecular complexity index is 192. The third-order valence-corrected chi connectivity index (χ3v) is 3.39. The van der Waals surface area contributed by atoms with Gasteiger partial charge in [-0.2, -0.15) is 0 Å². The summed E-state index contributed by atoms with van der Waals surface area (Å²) in [4.78, 5) is 2.53. The normalized spacial score (nSPS) is 39.2. The second kappa shape index (κ2) is 5.25. The molecule has 0 amide bonds. The van der Waals surface area contributed by atoms with E-state index in [2.05, 4.69) is 29.4 Å². The minimum absolute atomic E-state index is 0.569. The molecular formula is C11H23N3O. The van der Waals surface area contributed by atoms with E-state index in [1.807, 2.05) is 0 Å². The van der Waals surface area contributed by atoms with E-state index in [1.54, 1.807) is 0 Å². The van der Waals surface area contributed by atoms with Crippen LogP contribution in [-0.2, 0) is 4.74 Å². The molecule has 3 atom stereocenters. The van der Waals surface area contributed by atoms with Gasteiger partial charge in [-0.3, -0.25) is 4.90 Å². The van der Waals surface area contributed by atoms with Gasteiger partial charge < -0.3 is 15.4 Å². The molecule has 88 valence electrons. The van der Waals surface area contributed by atoms with Gasteiger partial charge in [-0.15, -0.1) is 0 Å². The van der Waals surface area contributed by atoms with E-state index in [1.165, 1.54) is 0 Å². The van der Waals surface area contributed by atoms with Gasteiger partial charge in [0.15, 0.2) is 0 Å². The molecule has 0 aromatic carbocycles. The molecule has 0 spiro atoms. The summed E-state index contributed by atoms with van der Waals surface area (Å²) in [5.41, 5.74) is 0. The smallest absolute Gasteiger partial charge is 0.0619 e. The molecule has 0 radical (unpaired) electrons. The minimum atomic E-state index is 0.569. The monoisotopic (exact) mass is 213 g/mol. The Balaban J connectivity index is 1.75. The first-order valence-corrected chi connectivity index (χ1v) is 6.04. The lowest BCUT2D eigenvalue weighted by atomic mass is 10.1. The second-order valence-electron chi connectivity index (χ2n) is 4.83. The highest BCUT2D eigenvalue weighted by molar-refractivity contribution is 4.84. The van der Waals surface area contributed by atoms with Crippen molar-refractivity contribution in [3.63, 3.8) is 0 Å². The van der Waals surface area contributed by atoms with Gasteiger partial charge in [-0.05, 0) is 13.8 Å². The molecule has 4 heteroatoms. The second-order valence-corrected chi connectivity index (χ2v) is 4.83. The number of ether oxygens (including phenoxy) is 1. The van der Waals surface area contributed by atoms with Crippen LogP contribution < -0.4 is 10.6 Å². The minimum Gasteiger partial charge on any atom is -0.379 e. The van der Waals surface area contributed by atoms with E-state index in [0.29, 0.717) is 18.1 Å². The maximum Gasteiger partial charge on any atom is 0.0619 e. The highest BCUT2D eigenvalue weighted by atomic mass is 16.5. The van der Waals surface area contributed by atoms with Gasteiger partial charge in [0.1, 0.15) is 0 Å². The molecule has 15 heavy (non-hydrogen) atoms. The number of rotatable bonds is 2. The van der Waals surface area contributed by atoms with Crippen molar-refractivity contribution in [1.29, 1.82) is 0 Å². The van der Waals surface area contributed by atoms with Gasteiger partial charge in [0.2, 0.25) is 0 Å². The van der Waals surface area contributed by atoms with Crippen LogP contribution in [0.15, 0.2) is 0 Å². The lowest BCUT2D eigenvalue weighted by Gasteiger charge is -2.38. The summed E-state index contributed by atoms with van der Waals surface area (Å²) in [6, 6.07) is 1.78. The maximum absolute atomic E-state index is 5.44. The van der Waals surface area contributed by atoms with E-state index in [-0.39, 0.29) is 0 Å². The Kier molecular flexibility index (Phi) is 3.97. The van der Waals surface area contributed by atoms with Crippen LogP contribution in [0.25, 0.3) is 0 Å². The number of nitrogens with one attached hydrogen (secondary N) is 2. The highest BCUT2D eigenvalue weighted by Crippen LogP contribution is 2.07. The zero-order valence-electron chi connectivity index (χ0n) is 9.83. The fraction of sp³-hybridized carbons (Fsp3) is 1.00. The predicted octanol–water partition coefficient (Wildman–Crippen LogP) is -0.343. The largest absolute Gasteiger partial charge is 0.379 e. The third-order valence-electron chi connectivity index (χ3n) is 3.39. The Morgan fingerprint density at radius 3 is 2.80 bits per heavy atom. The number of piperazine rings is 1. The van der Waals surface area contributed by atoms with Gasteiger partial charge in [0.05, 0.1) is 13.2 Å². The Hall–Kier alpha value is -0.160. The summed E-state index contributed by atoms with van der Waals surface area (Å²) < 4.78 is 5.44. The van der Waals surface area contributed by atoms with Crippen molar-refractivity contribution in [2.75, 3.05) is 39.4 Å². The van der Waals surface area contributed by atoms with Crippen LogP contribution in [0, 0.1) is 0 Å². The first-order valence-electron chi connectivity index (χ1n) is 6.04. The molecular weight excluding hydrogens is 190 g/mol. The van der Waals surface area contributed by atoms with Crippen molar-refractivity contribution in [3.05, 3.63) is 0 Å². The summed E-state index contributed by atoms with van der Waals surface area (Å²) >= 11 is 0. The number of hydrogen-bond acceptors (Lipinski definition) is 4. The first kappa shape index (κ1) is 11.3. The van der Waals surface area contributed by atoms with Gasteiger partial charge in [-0.1, -0.05) is 0 Å². The Labute approximate surface area is 92.4 Å². The van der Waals surface area contributed by atoms with Gasteiger partial charge in [0, 0.05) is 44.3 Å². The molecule has 2 unspecified atom stereocenters. The molecule has 2 aliphatic heterocycles. The van der Waals surface area contributed by atoms with Crippen molar-refractivity contribution in [1.82, 2.24) is 15.5 Å². The average Bonchev–Trinajstić information content (AvgIpc) is 2.25. The molecule has 0 saturated carbocycles. The molecule has 2 heterocycles. The fourth-order valence-corrected chi connectivity index (χ4v) is 2.28. The van der Waals surface area contributed by atoms with Crippen molar-refractivity contribution in [2.24, 2.45) is 0 Å². The zero-order valence-corrected chi connectivity index (χ0v) is 9.83. The summed E-state index contributed by atoms with van der Waals surface area (Å²) in [5, 5.41) is 7.11. The van der Waals surface area contributed by atoms with Gasteiger partial charge in [0.25, 0.3) is 0 Å². The predicted molar refractivity (Wildman–Crippen MR) is 61.1 cm³/mol. The van der Waals surface area contributed by atoms with E-state index < -0.39 is 0 Å². The molecule has 0 aromatic heterocycles. The van der Waals surface area contributed by atoms with Crippen LogP contribution >= 0.6 is 0 Å². The van der Waals surface area contributed by atoms with Crippen molar-refractivity contribution in [3.8, 4) is 0 Å². The zero-order chi connectivity index (χ0) is 10.7. The molecule has 0 aromatic rings. The topological polar surface area (TPSA) is 36.5 Å². The molecule has 2 rings (SSSR count). The van der Waals surface area contributed by atoms with Crippen LogP contribution in [0.5, 0.6) is 0 Å². The molecule has 0 bridgehead atoms. The van der Waals surface area contributed by atoms with Crippen LogP contribution in [-0.4, -0.2) is 62.4 Å². The summed E-state index contributed by atoms with van der Waals surface area (Å²) in [5.74, 6) is 0. The van der Waals surface area contributed by atoms with E-state index >= 15 is 0 Å². The number of morpholine rings is 1. The standard InChI is InChI=1S/C11H23N3O/c1-9-5-13-11(6-12-9)7-14-3-4-15-8-10(14)2/h9-13H,3-8H2,1-2H3/t9?,10-,11?/m1/s1. The summed E-state index contributed by atoms with van der Waals surface area (Å²) in [6.45, 7) is 10.6. The Morgan fingerprint density at radius 1 is 1.27 bits per heavy atom. The number of hydrogen-bond donors (Lipinski definition) is 2. The maximum atomic E-state index is 5.44. The van der Waals surface area contributed by atoms with E-state index in [4.69, 9.17) is 4.74 Å². The number of nitrogens with zero attached hydrogens (tertiary/aromatic N) is 1. The van der Waals surface area contributed by atoms with Gasteiger partial charge in [-0.25, -0.2) is 0 Å². The van der Waals surface area contributed by atoms with Crippen molar-refractivity contribution >= 4 is 0 Å². The third kappa shape index (κ3) is 3.14. The molecule has 0 aliphatic carbocycles. The Morgan fingerprint density at radius 2 is 2.13 bits per heavy atom. The van der Waals surface area contributed by atoms with Crippen LogP contribution in [0.1, 0.15) is 13.8 Å². The SMILES string of the molecule is CC1CNC(CN2CCOC[C@H]2C)CN1. The summed E-state index contributed by atoms with van der Waals surface area (Å²) in [6.07, 6.45) is 0. The average molecular weight is 213 g/mol. The first-order chi connectivity index (χ1) is 7.25. The van der Waals surface area contributed by atoms with Crippen LogP contribution in [0.2, 0.25) is 0 Å². The summed E-state index contributed by atoms with van der Waals surface area (Å²) in [7, 11) is 0. The highest BCUT2D eigenvalue weighted by Gasteiger charge is 2.24. The molecule has 2 saturated heterocycles. The van der Waals surface area contributed by atoms with Crippen LogP contribution in [0.4, 0.5) is 0 Å². The molecule has 2 N–H and O–H groups in total. The fourth-order valence-electron chi connectivity index (χ4n) is 2.28. The quantitative estimate of drug-likeness (QED) is 0.658.